The zero-order valence-corrected chi connectivity index (χ0v) is 13.8. The zero-order chi connectivity index (χ0) is 19.7. The van der Waals surface area contributed by atoms with Gasteiger partial charge in [0.2, 0.25) is 0 Å². The van der Waals surface area contributed by atoms with Gasteiger partial charge in [-0.3, -0.25) is 0 Å². The van der Waals surface area contributed by atoms with Crippen molar-refractivity contribution >= 4 is 19.2 Å². The first-order valence-corrected chi connectivity index (χ1v) is 7.16. The van der Waals surface area contributed by atoms with E-state index in [9.17, 15) is 26.9 Å². The van der Waals surface area contributed by atoms with Gasteiger partial charge in [0.15, 0.2) is 0 Å². The van der Waals surface area contributed by atoms with E-state index in [1.807, 2.05) is 14.1 Å². The van der Waals surface area contributed by atoms with E-state index in [1.54, 1.807) is 0 Å². The Morgan fingerprint density at radius 2 is 1.48 bits per heavy atom. The highest BCUT2D eigenvalue weighted by Gasteiger charge is 2.20. The van der Waals surface area contributed by atoms with E-state index >= 15 is 0 Å². The summed E-state index contributed by atoms with van der Waals surface area (Å²) in [4.78, 5) is 22.4. The number of quaternary nitrogens is 1. The van der Waals surface area contributed by atoms with Gasteiger partial charge < -0.3 is 36.7 Å². The Labute approximate surface area is 142 Å². The van der Waals surface area contributed by atoms with Gasteiger partial charge in [0.05, 0.1) is 31.8 Å². The SMILES string of the molecule is C[N+](C)(CCO)CCOC(=O)c1ccc(C(=O)O)cc1.F[B-](F)(F)F. The second-order valence-electron chi connectivity index (χ2n) is 5.62. The van der Waals surface area contributed by atoms with Crippen LogP contribution in [0.2, 0.25) is 0 Å². The number of carbonyl (C=O) groups is 2. The van der Waals surface area contributed by atoms with Crippen LogP contribution in [-0.4, -0.2) is 74.3 Å². The van der Waals surface area contributed by atoms with Crippen LogP contribution < -0.4 is 0 Å². The molecule has 2 N–H and O–H groups in total. The fraction of sp³-hybridized carbons (Fsp3) is 0.429. The minimum absolute atomic E-state index is 0.0809. The second kappa shape index (κ2) is 9.99. The van der Waals surface area contributed by atoms with E-state index in [4.69, 9.17) is 14.9 Å². The molecule has 142 valence electrons. The standard InChI is InChI=1S/C14H19NO5.BF4/c1-15(2,7-9-16)8-10-20-14(19)12-5-3-11(4-6-12)13(17)18;2-1(3,4)5/h3-6,16H,7-10H2,1-2H3;/q;-1/p+1. The van der Waals surface area contributed by atoms with Crippen molar-refractivity contribution in [2.75, 3.05) is 40.4 Å². The Bertz CT molecular complexity index is 557. The smallest absolute Gasteiger partial charge is 0.478 e. The van der Waals surface area contributed by atoms with E-state index in [0.29, 0.717) is 23.1 Å². The van der Waals surface area contributed by atoms with Crippen molar-refractivity contribution in [3.8, 4) is 0 Å². The van der Waals surface area contributed by atoms with Gasteiger partial charge in [-0.25, -0.2) is 9.59 Å². The number of rotatable bonds is 7. The summed E-state index contributed by atoms with van der Waals surface area (Å²) >= 11 is 0. The van der Waals surface area contributed by atoms with Gasteiger partial charge in [-0.15, -0.1) is 0 Å². The first-order valence-electron chi connectivity index (χ1n) is 7.16. The molecule has 0 aliphatic carbocycles. The number of carbonyl (C=O) groups excluding carboxylic acids is 1. The van der Waals surface area contributed by atoms with Gasteiger partial charge in [-0.2, -0.15) is 0 Å². The fourth-order valence-electron chi connectivity index (χ4n) is 1.60. The van der Waals surface area contributed by atoms with E-state index in [-0.39, 0.29) is 18.8 Å². The predicted octanol–water partition coefficient (Wildman–Crippen LogP) is 1.91. The summed E-state index contributed by atoms with van der Waals surface area (Å²) in [7, 11) is -2.13. The largest absolute Gasteiger partial charge is 0.673 e. The molecule has 0 saturated heterocycles. The molecule has 0 saturated carbocycles. The molecule has 11 heteroatoms. The summed E-state index contributed by atoms with van der Waals surface area (Å²) < 4.78 is 44.7. The number of aliphatic hydroxyl groups excluding tert-OH is 1. The molecule has 0 amide bonds. The number of carboxylic acid groups (broad SMARTS) is 1. The fourth-order valence-corrected chi connectivity index (χ4v) is 1.60. The number of hydrogen-bond acceptors (Lipinski definition) is 4. The molecule has 0 aromatic heterocycles. The van der Waals surface area contributed by atoms with Crippen molar-refractivity contribution in [1.29, 1.82) is 0 Å². The lowest BCUT2D eigenvalue weighted by Crippen LogP contribution is -2.44. The zero-order valence-electron chi connectivity index (χ0n) is 13.8. The van der Waals surface area contributed by atoms with Gasteiger partial charge in [0, 0.05) is 0 Å². The first-order chi connectivity index (χ1) is 11.4. The van der Waals surface area contributed by atoms with Gasteiger partial charge in [0.25, 0.3) is 0 Å². The third kappa shape index (κ3) is 12.0. The van der Waals surface area contributed by atoms with Crippen molar-refractivity contribution in [2.45, 2.75) is 0 Å². The predicted molar refractivity (Wildman–Crippen MR) is 82.8 cm³/mol. The van der Waals surface area contributed by atoms with E-state index in [0.717, 1.165) is 0 Å². The number of benzene rings is 1. The third-order valence-corrected chi connectivity index (χ3v) is 3.00. The summed E-state index contributed by atoms with van der Waals surface area (Å²) in [5.74, 6) is -1.51. The molecule has 1 aromatic rings. The number of nitrogens with zero attached hydrogens (tertiary/aromatic N) is 1. The maximum Gasteiger partial charge on any atom is 0.673 e. The average molecular weight is 369 g/mol. The number of ether oxygens (including phenoxy) is 1. The van der Waals surface area contributed by atoms with E-state index in [1.165, 1.54) is 24.3 Å². The summed E-state index contributed by atoms with van der Waals surface area (Å²) in [6, 6.07) is 5.59. The highest BCUT2D eigenvalue weighted by molar-refractivity contribution is 6.50. The molecule has 0 aliphatic heterocycles. The molecule has 0 fully saturated rings. The number of esters is 1. The second-order valence-corrected chi connectivity index (χ2v) is 5.62. The molecular formula is C14H20BF4NO5. The number of hydrogen-bond donors (Lipinski definition) is 2. The molecule has 0 spiro atoms. The minimum Gasteiger partial charge on any atom is -0.478 e. The van der Waals surface area contributed by atoms with Crippen LogP contribution >= 0.6 is 0 Å². The van der Waals surface area contributed by atoms with Crippen LogP contribution in [0.4, 0.5) is 17.3 Å². The maximum atomic E-state index is 11.7. The summed E-state index contributed by atoms with van der Waals surface area (Å²) in [6.07, 6.45) is 0. The number of carboxylic acids is 1. The molecule has 6 nitrogen and oxygen atoms in total. The highest BCUT2D eigenvalue weighted by atomic mass is 19.5. The molecule has 25 heavy (non-hydrogen) atoms. The van der Waals surface area contributed by atoms with Crippen molar-refractivity contribution in [3.63, 3.8) is 0 Å². The van der Waals surface area contributed by atoms with Crippen LogP contribution in [0.15, 0.2) is 24.3 Å². The number of likely N-dealkylation sites (N-methyl/N-ethyl adjacent to an activating group) is 1. The molecule has 0 unspecified atom stereocenters. The van der Waals surface area contributed by atoms with E-state index in [2.05, 4.69) is 0 Å². The Morgan fingerprint density at radius 3 is 1.88 bits per heavy atom. The van der Waals surface area contributed by atoms with E-state index < -0.39 is 19.2 Å². The lowest BCUT2D eigenvalue weighted by Gasteiger charge is -2.28. The van der Waals surface area contributed by atoms with Crippen LogP contribution in [0.5, 0.6) is 0 Å². The van der Waals surface area contributed by atoms with Crippen molar-refractivity contribution < 1.29 is 46.3 Å². The Balaban J connectivity index is 0.00000101. The van der Waals surface area contributed by atoms with Crippen molar-refractivity contribution in [3.05, 3.63) is 35.4 Å². The minimum atomic E-state index is -6.00. The molecular weight excluding hydrogens is 349 g/mol. The van der Waals surface area contributed by atoms with Crippen LogP contribution in [0.25, 0.3) is 0 Å². The third-order valence-electron chi connectivity index (χ3n) is 3.00. The summed E-state index contributed by atoms with van der Waals surface area (Å²) in [5, 5.41) is 17.6. The monoisotopic (exact) mass is 369 g/mol. The molecule has 0 bridgehead atoms. The van der Waals surface area contributed by atoms with Crippen molar-refractivity contribution in [2.24, 2.45) is 0 Å². The van der Waals surface area contributed by atoms with Crippen molar-refractivity contribution in [1.82, 2.24) is 0 Å². The summed E-state index contributed by atoms with van der Waals surface area (Å²) in [5.41, 5.74) is 0.449. The van der Waals surface area contributed by atoms with Gasteiger partial charge in [-0.1, -0.05) is 0 Å². The van der Waals surface area contributed by atoms with Crippen LogP contribution in [0.1, 0.15) is 20.7 Å². The van der Waals surface area contributed by atoms with Gasteiger partial charge >= 0.3 is 19.2 Å². The molecule has 0 radical (unpaired) electrons. The van der Waals surface area contributed by atoms with Crippen LogP contribution in [-0.2, 0) is 4.74 Å². The normalized spacial score (nSPS) is 11.3. The molecule has 0 heterocycles. The molecule has 0 atom stereocenters. The number of halogens is 4. The Morgan fingerprint density at radius 1 is 1.04 bits per heavy atom. The quantitative estimate of drug-likeness (QED) is 0.332. The number of aliphatic hydroxyl groups is 1. The topological polar surface area (TPSA) is 83.8 Å². The number of aromatic carboxylic acids is 1. The van der Waals surface area contributed by atoms with Gasteiger partial charge in [-0.05, 0) is 24.3 Å². The highest BCUT2D eigenvalue weighted by Crippen LogP contribution is 2.07. The molecule has 1 aromatic carbocycles. The average Bonchev–Trinajstić information content (AvgIpc) is 2.45. The lowest BCUT2D eigenvalue weighted by molar-refractivity contribution is -0.890. The summed E-state index contributed by atoms with van der Waals surface area (Å²) in [6.45, 7) is 1.51. The Kier molecular flexibility index (Phi) is 9.14. The first kappa shape index (κ1) is 22.9. The molecule has 0 aliphatic rings. The van der Waals surface area contributed by atoms with Crippen LogP contribution in [0.3, 0.4) is 0 Å². The lowest BCUT2D eigenvalue weighted by atomic mass is 10.1. The maximum absolute atomic E-state index is 11.7. The van der Waals surface area contributed by atoms with Gasteiger partial charge in [0.1, 0.15) is 19.7 Å². The Hall–Kier alpha value is -2.14. The van der Waals surface area contributed by atoms with Crippen LogP contribution in [0, 0.1) is 0 Å². The molecule has 1 rings (SSSR count).